The van der Waals surface area contributed by atoms with Gasteiger partial charge in [-0.05, 0) is 53.9 Å². The van der Waals surface area contributed by atoms with Gasteiger partial charge >= 0.3 is 0 Å². The van der Waals surface area contributed by atoms with Crippen molar-refractivity contribution in [2.24, 2.45) is 0 Å². The molecule has 1 saturated carbocycles. The lowest BCUT2D eigenvalue weighted by atomic mass is 10.1. The Hall–Kier alpha value is -2.87. The monoisotopic (exact) mass is 488 g/mol. The van der Waals surface area contributed by atoms with Crippen molar-refractivity contribution in [2.75, 3.05) is 19.5 Å². The number of ether oxygens (including phenoxy) is 2. The highest BCUT2D eigenvalue weighted by Gasteiger charge is 2.29. The molecule has 0 atom stereocenters. The van der Waals surface area contributed by atoms with Gasteiger partial charge in [0.2, 0.25) is 5.43 Å². The Bertz CT molecular complexity index is 1250. The highest BCUT2D eigenvalue weighted by molar-refractivity contribution is 9.10. The molecule has 1 heterocycles. The van der Waals surface area contributed by atoms with Crippen LogP contribution < -0.4 is 20.2 Å². The molecule has 0 spiro atoms. The van der Waals surface area contributed by atoms with E-state index in [1.165, 1.54) is 19.2 Å². The van der Waals surface area contributed by atoms with Crippen LogP contribution in [-0.2, 0) is 6.54 Å². The lowest BCUT2D eigenvalue weighted by molar-refractivity contribution is 0.101. The minimum atomic E-state index is -0.512. The van der Waals surface area contributed by atoms with Crippen LogP contribution in [0, 0.1) is 5.82 Å². The van der Waals surface area contributed by atoms with E-state index in [1.807, 2.05) is 12.1 Å². The van der Waals surface area contributed by atoms with Gasteiger partial charge in [0.05, 0.1) is 35.2 Å². The minimum absolute atomic E-state index is 0.0613. The van der Waals surface area contributed by atoms with Crippen molar-refractivity contribution >= 4 is 38.3 Å². The van der Waals surface area contributed by atoms with Crippen molar-refractivity contribution in [1.82, 2.24) is 4.57 Å². The number of nitrogens with one attached hydrogen (secondary N) is 1. The van der Waals surface area contributed by atoms with E-state index in [1.54, 1.807) is 24.9 Å². The van der Waals surface area contributed by atoms with E-state index >= 15 is 4.39 Å². The average molecular weight is 489 g/mol. The second kappa shape index (κ2) is 8.34. The summed E-state index contributed by atoms with van der Waals surface area (Å²) in [5.74, 6) is 0.431. The Morgan fingerprint density at radius 2 is 2.00 bits per heavy atom. The number of rotatable bonds is 7. The number of aromatic nitrogens is 1. The van der Waals surface area contributed by atoms with Crippen LogP contribution in [0.2, 0.25) is 0 Å². The third-order valence-corrected chi connectivity index (χ3v) is 6.05. The molecule has 0 radical (unpaired) electrons. The number of benzene rings is 2. The van der Waals surface area contributed by atoms with Gasteiger partial charge in [-0.15, -0.1) is 0 Å². The fourth-order valence-corrected chi connectivity index (χ4v) is 4.12. The number of hydrogen-bond acceptors (Lipinski definition) is 5. The summed E-state index contributed by atoms with van der Waals surface area (Å²) in [5.41, 5.74) is 1.07. The quantitative estimate of drug-likeness (QED) is 0.470. The van der Waals surface area contributed by atoms with Crippen LogP contribution in [0.25, 0.3) is 10.9 Å². The maximum Gasteiger partial charge on any atom is 0.202 e. The second-order valence-corrected chi connectivity index (χ2v) is 8.40. The lowest BCUT2D eigenvalue weighted by Crippen LogP contribution is -2.20. The molecule has 0 bridgehead atoms. The minimum Gasteiger partial charge on any atom is -0.497 e. The highest BCUT2D eigenvalue weighted by Crippen LogP contribution is 2.40. The van der Waals surface area contributed by atoms with Gasteiger partial charge in [0, 0.05) is 36.1 Å². The Kier molecular flexibility index (Phi) is 5.75. The molecule has 1 aromatic heterocycles. The van der Waals surface area contributed by atoms with E-state index in [9.17, 15) is 9.59 Å². The molecule has 0 amide bonds. The molecule has 31 heavy (non-hydrogen) atoms. The first-order valence-electron chi connectivity index (χ1n) is 9.88. The van der Waals surface area contributed by atoms with Gasteiger partial charge in [-0.2, -0.15) is 0 Å². The number of carbonyl (C=O) groups excluding carboxylic acids is 1. The molecule has 4 rings (SSSR count). The molecule has 1 fully saturated rings. The zero-order valence-electron chi connectivity index (χ0n) is 17.4. The average Bonchev–Trinajstić information content (AvgIpc) is 3.60. The van der Waals surface area contributed by atoms with Crippen LogP contribution in [0.5, 0.6) is 11.5 Å². The number of fused-ring (bicyclic) bond motifs is 1. The maximum atomic E-state index is 15.2. The summed E-state index contributed by atoms with van der Waals surface area (Å²) in [7, 11) is 3.14. The standard InChI is InChI=1S/C23H22BrFN2O4/c1-12(28)16-11-27(14-5-6-14)22-20(23(16)29)18(9-17(24)21(22)25)26-10-13-4-7-15(30-2)8-19(13)31-3/h4,7-9,11,14,26H,5-6,10H2,1-3H3. The molecule has 162 valence electrons. The molecule has 2 aromatic carbocycles. The number of hydrogen-bond donors (Lipinski definition) is 1. The fourth-order valence-electron chi connectivity index (χ4n) is 3.70. The number of carbonyl (C=O) groups is 1. The number of methoxy groups -OCH3 is 2. The second-order valence-electron chi connectivity index (χ2n) is 7.54. The summed E-state index contributed by atoms with van der Waals surface area (Å²) in [6.07, 6.45) is 3.26. The summed E-state index contributed by atoms with van der Waals surface area (Å²) in [5, 5.41) is 3.41. The zero-order valence-corrected chi connectivity index (χ0v) is 19.0. The van der Waals surface area contributed by atoms with Crippen molar-refractivity contribution in [2.45, 2.75) is 32.4 Å². The van der Waals surface area contributed by atoms with E-state index in [-0.39, 0.29) is 32.8 Å². The third-order valence-electron chi connectivity index (χ3n) is 5.48. The normalized spacial score (nSPS) is 13.3. The summed E-state index contributed by atoms with van der Waals surface area (Å²) in [4.78, 5) is 25.3. The summed E-state index contributed by atoms with van der Waals surface area (Å²) in [6, 6.07) is 7.06. The van der Waals surface area contributed by atoms with Gasteiger partial charge in [0.1, 0.15) is 11.5 Å². The Balaban J connectivity index is 1.86. The number of ketones is 1. The predicted molar refractivity (Wildman–Crippen MR) is 121 cm³/mol. The highest BCUT2D eigenvalue weighted by atomic mass is 79.9. The van der Waals surface area contributed by atoms with Crippen LogP contribution in [0.1, 0.15) is 41.7 Å². The van der Waals surface area contributed by atoms with Gasteiger partial charge in [0.15, 0.2) is 11.6 Å². The topological polar surface area (TPSA) is 69.6 Å². The van der Waals surface area contributed by atoms with Crippen molar-refractivity contribution < 1.29 is 18.7 Å². The number of nitrogens with zero attached hydrogens (tertiary/aromatic N) is 1. The van der Waals surface area contributed by atoms with E-state index in [0.717, 1.165) is 18.4 Å². The van der Waals surface area contributed by atoms with Crippen LogP contribution >= 0.6 is 15.9 Å². The van der Waals surface area contributed by atoms with E-state index in [0.29, 0.717) is 23.7 Å². The largest absolute Gasteiger partial charge is 0.497 e. The first-order chi connectivity index (χ1) is 14.8. The maximum absolute atomic E-state index is 15.2. The molecule has 0 saturated heterocycles. The van der Waals surface area contributed by atoms with Crippen LogP contribution in [0.15, 0.2) is 39.7 Å². The van der Waals surface area contributed by atoms with Crippen molar-refractivity contribution in [1.29, 1.82) is 0 Å². The number of anilines is 1. The zero-order chi connectivity index (χ0) is 22.3. The summed E-state index contributed by atoms with van der Waals surface area (Å²) < 4.78 is 27.8. The van der Waals surface area contributed by atoms with Gasteiger partial charge in [-0.1, -0.05) is 0 Å². The number of halogens is 2. The summed E-state index contributed by atoms with van der Waals surface area (Å²) in [6.45, 7) is 1.68. The summed E-state index contributed by atoms with van der Waals surface area (Å²) >= 11 is 3.28. The SMILES string of the molecule is COc1ccc(CNc2cc(Br)c(F)c3c2c(=O)c(C(C)=O)cn3C2CC2)c(OC)c1. The van der Waals surface area contributed by atoms with Crippen LogP contribution in [0.4, 0.5) is 10.1 Å². The Morgan fingerprint density at radius 3 is 2.61 bits per heavy atom. The van der Waals surface area contributed by atoms with Crippen LogP contribution in [-0.4, -0.2) is 24.6 Å². The molecule has 8 heteroatoms. The molecule has 3 aromatic rings. The Labute approximate surface area is 187 Å². The smallest absolute Gasteiger partial charge is 0.202 e. The molecule has 0 unspecified atom stereocenters. The molecular weight excluding hydrogens is 467 g/mol. The molecule has 6 nitrogen and oxygen atoms in total. The molecule has 1 aliphatic carbocycles. The lowest BCUT2D eigenvalue weighted by Gasteiger charge is -2.18. The van der Waals surface area contributed by atoms with E-state index in [4.69, 9.17) is 9.47 Å². The first-order valence-corrected chi connectivity index (χ1v) is 10.7. The molecule has 0 aliphatic heterocycles. The number of pyridine rings is 1. The Morgan fingerprint density at radius 1 is 1.26 bits per heavy atom. The van der Waals surface area contributed by atoms with E-state index in [2.05, 4.69) is 21.2 Å². The van der Waals surface area contributed by atoms with Gasteiger partial charge in [-0.25, -0.2) is 4.39 Å². The molecule has 1 aliphatic rings. The third kappa shape index (κ3) is 3.92. The van der Waals surface area contributed by atoms with Gasteiger partial charge in [0.25, 0.3) is 0 Å². The molecule has 1 N–H and O–H groups in total. The van der Waals surface area contributed by atoms with Crippen molar-refractivity contribution in [3.8, 4) is 11.5 Å². The van der Waals surface area contributed by atoms with Gasteiger partial charge < -0.3 is 19.4 Å². The van der Waals surface area contributed by atoms with E-state index < -0.39 is 11.2 Å². The first kappa shape index (κ1) is 21.4. The number of Topliss-reactive ketones (excluding diaryl/α,β-unsaturated/α-hetero) is 1. The molecular formula is C23H22BrFN2O4. The van der Waals surface area contributed by atoms with Crippen molar-refractivity contribution in [3.05, 3.63) is 62.1 Å². The predicted octanol–water partition coefficient (Wildman–Crippen LogP) is 5.07. The van der Waals surface area contributed by atoms with Crippen molar-refractivity contribution in [3.63, 3.8) is 0 Å². The fraction of sp³-hybridized carbons (Fsp3) is 0.304. The van der Waals surface area contributed by atoms with Crippen LogP contribution in [0.3, 0.4) is 0 Å². The van der Waals surface area contributed by atoms with Gasteiger partial charge in [-0.3, -0.25) is 9.59 Å².